The molecule has 7 heteroatoms. The third-order valence-corrected chi connectivity index (χ3v) is 6.13. The lowest BCUT2D eigenvalue weighted by molar-refractivity contribution is -0.150. The molecule has 0 spiro atoms. The fourth-order valence-corrected chi connectivity index (χ4v) is 4.05. The molecule has 0 saturated carbocycles. The Bertz CT molecular complexity index is 1010. The molecule has 0 aliphatic rings. The van der Waals surface area contributed by atoms with Crippen molar-refractivity contribution in [2.45, 2.75) is 51.2 Å². The van der Waals surface area contributed by atoms with E-state index in [0.29, 0.717) is 25.8 Å². The molecule has 0 bridgehead atoms. The fourth-order valence-electron chi connectivity index (χ4n) is 4.05. The number of ether oxygens (including phenoxy) is 1. The van der Waals surface area contributed by atoms with Gasteiger partial charge in [0.2, 0.25) is 11.8 Å². The number of esters is 1. The van der Waals surface area contributed by atoms with Crippen LogP contribution in [0.3, 0.4) is 0 Å². The second-order valence-corrected chi connectivity index (χ2v) is 9.12. The minimum Gasteiger partial charge on any atom is -0.456 e. The van der Waals surface area contributed by atoms with Crippen molar-refractivity contribution in [1.29, 1.82) is 0 Å². The highest BCUT2D eigenvalue weighted by Gasteiger charge is 2.26. The molecule has 2 amide bonds. The molecule has 2 unspecified atom stereocenters. The Labute approximate surface area is 226 Å². The largest absolute Gasteiger partial charge is 0.456 e. The summed E-state index contributed by atoms with van der Waals surface area (Å²) in [7, 11) is 0. The second kappa shape index (κ2) is 17.7. The van der Waals surface area contributed by atoms with Crippen LogP contribution in [0, 0.1) is 5.92 Å². The number of unbranched alkanes of at least 4 members (excludes halogenated alkanes) is 2. The van der Waals surface area contributed by atoms with Gasteiger partial charge in [-0.05, 0) is 36.8 Å². The Morgan fingerprint density at radius 2 is 1.66 bits per heavy atom. The number of amides is 2. The van der Waals surface area contributed by atoms with Crippen LogP contribution in [0.15, 0.2) is 86.0 Å². The van der Waals surface area contributed by atoms with Gasteiger partial charge in [-0.1, -0.05) is 72.8 Å². The molecule has 0 aromatic heterocycles. The fraction of sp³-hybridized carbons (Fsp3) is 0.387. The Morgan fingerprint density at radius 1 is 0.974 bits per heavy atom. The number of nitrogens with one attached hydrogen (secondary N) is 1. The number of carbonyl (C=O) groups excluding carboxylic acids is 3. The molecular formula is C31H40N2O5. The van der Waals surface area contributed by atoms with Gasteiger partial charge in [-0.15, -0.1) is 13.2 Å². The van der Waals surface area contributed by atoms with Crippen molar-refractivity contribution in [3.63, 3.8) is 0 Å². The van der Waals surface area contributed by atoms with Crippen molar-refractivity contribution >= 4 is 17.8 Å². The second-order valence-electron chi connectivity index (χ2n) is 9.12. The molecule has 204 valence electrons. The van der Waals surface area contributed by atoms with Crippen molar-refractivity contribution in [3.8, 4) is 0 Å². The molecule has 2 N–H and O–H groups in total. The van der Waals surface area contributed by atoms with Crippen molar-refractivity contribution in [2.75, 3.05) is 19.7 Å². The van der Waals surface area contributed by atoms with Gasteiger partial charge in [-0.3, -0.25) is 14.4 Å². The molecule has 7 nitrogen and oxygen atoms in total. The maximum atomic E-state index is 13.1. The SMILES string of the molecule is C=CCCCCC(=O)OC(CNC(=O)C(CC=C)CC(=O)N(CCO)Cc1ccccc1)c1ccccc1. The third-order valence-electron chi connectivity index (χ3n) is 6.13. The van der Waals surface area contributed by atoms with Gasteiger partial charge in [-0.2, -0.15) is 0 Å². The quantitative estimate of drug-likeness (QED) is 0.168. The number of rotatable bonds is 18. The van der Waals surface area contributed by atoms with Gasteiger partial charge in [0.25, 0.3) is 0 Å². The van der Waals surface area contributed by atoms with E-state index < -0.39 is 12.0 Å². The van der Waals surface area contributed by atoms with Crippen molar-refractivity contribution in [3.05, 3.63) is 97.1 Å². The van der Waals surface area contributed by atoms with E-state index in [9.17, 15) is 19.5 Å². The zero-order chi connectivity index (χ0) is 27.6. The van der Waals surface area contributed by atoms with Gasteiger partial charge in [0.05, 0.1) is 19.1 Å². The third kappa shape index (κ3) is 11.1. The molecule has 0 aliphatic heterocycles. The number of nitrogens with zero attached hydrogens (tertiary/aromatic N) is 1. The highest BCUT2D eigenvalue weighted by atomic mass is 16.5. The van der Waals surface area contributed by atoms with Gasteiger partial charge >= 0.3 is 5.97 Å². The van der Waals surface area contributed by atoms with E-state index in [-0.39, 0.29) is 43.9 Å². The molecule has 0 heterocycles. The Balaban J connectivity index is 2.03. The molecule has 0 aliphatic carbocycles. The molecule has 0 radical (unpaired) electrons. The highest BCUT2D eigenvalue weighted by molar-refractivity contribution is 5.86. The van der Waals surface area contributed by atoms with Crippen LogP contribution in [0.1, 0.15) is 55.8 Å². The maximum absolute atomic E-state index is 13.1. The van der Waals surface area contributed by atoms with Gasteiger partial charge in [0, 0.05) is 25.9 Å². The maximum Gasteiger partial charge on any atom is 0.306 e. The van der Waals surface area contributed by atoms with Crippen LogP contribution < -0.4 is 5.32 Å². The van der Waals surface area contributed by atoms with Crippen LogP contribution in [-0.2, 0) is 25.7 Å². The Hall–Kier alpha value is -3.71. The van der Waals surface area contributed by atoms with Crippen molar-refractivity contribution < 1.29 is 24.2 Å². The Morgan fingerprint density at radius 3 is 2.29 bits per heavy atom. The average Bonchev–Trinajstić information content (AvgIpc) is 2.93. The van der Waals surface area contributed by atoms with Crippen LogP contribution >= 0.6 is 0 Å². The number of carbonyl (C=O) groups is 3. The van der Waals surface area contributed by atoms with E-state index >= 15 is 0 Å². The number of allylic oxidation sites excluding steroid dienone is 2. The number of aliphatic hydroxyl groups excluding tert-OH is 1. The van der Waals surface area contributed by atoms with Gasteiger partial charge in [-0.25, -0.2) is 0 Å². The first kappa shape index (κ1) is 30.5. The number of benzene rings is 2. The summed E-state index contributed by atoms with van der Waals surface area (Å²) in [6.45, 7) is 7.88. The van der Waals surface area contributed by atoms with Crippen molar-refractivity contribution in [2.24, 2.45) is 5.92 Å². The predicted molar refractivity (Wildman–Crippen MR) is 149 cm³/mol. The summed E-state index contributed by atoms with van der Waals surface area (Å²) < 4.78 is 5.72. The molecule has 0 fully saturated rings. The van der Waals surface area contributed by atoms with Crippen LogP contribution in [0.2, 0.25) is 0 Å². The summed E-state index contributed by atoms with van der Waals surface area (Å²) in [6, 6.07) is 18.8. The van der Waals surface area contributed by atoms with Crippen LogP contribution in [0.5, 0.6) is 0 Å². The van der Waals surface area contributed by atoms with Crippen molar-refractivity contribution in [1.82, 2.24) is 10.2 Å². The van der Waals surface area contributed by atoms with Crippen LogP contribution in [0.4, 0.5) is 0 Å². The summed E-state index contributed by atoms with van der Waals surface area (Å²) >= 11 is 0. The summed E-state index contributed by atoms with van der Waals surface area (Å²) in [5.41, 5.74) is 1.72. The minimum absolute atomic E-state index is 0.0240. The van der Waals surface area contributed by atoms with E-state index in [4.69, 9.17) is 4.74 Å². The Kier molecular flexibility index (Phi) is 14.2. The summed E-state index contributed by atoms with van der Waals surface area (Å²) in [4.78, 5) is 40.3. The molecule has 0 saturated heterocycles. The molecule has 38 heavy (non-hydrogen) atoms. The van der Waals surface area contributed by atoms with E-state index in [1.165, 1.54) is 0 Å². The standard InChI is InChI=1S/C31H40N2O5/c1-3-5-6-13-19-30(36)38-28(26-17-11-8-12-18-26)23-32-31(37)27(14-4-2)22-29(35)33(20-21-34)24-25-15-9-7-10-16-25/h3-4,7-12,15-18,27-28,34H,1-2,5-6,13-14,19-24H2,(H,32,37). The molecule has 2 atom stereocenters. The van der Waals surface area contributed by atoms with E-state index in [0.717, 1.165) is 24.0 Å². The van der Waals surface area contributed by atoms with Crippen LogP contribution in [-0.4, -0.2) is 47.5 Å². The van der Waals surface area contributed by atoms with Crippen LogP contribution in [0.25, 0.3) is 0 Å². The number of aliphatic hydroxyl groups is 1. The highest BCUT2D eigenvalue weighted by Crippen LogP contribution is 2.20. The first-order chi connectivity index (χ1) is 18.5. The lowest BCUT2D eigenvalue weighted by Gasteiger charge is -2.25. The molecule has 2 rings (SSSR count). The number of hydrogen-bond donors (Lipinski definition) is 2. The van der Waals surface area contributed by atoms with E-state index in [1.54, 1.807) is 11.0 Å². The average molecular weight is 521 g/mol. The smallest absolute Gasteiger partial charge is 0.306 e. The predicted octanol–water partition coefficient (Wildman–Crippen LogP) is 4.74. The molecular weight excluding hydrogens is 480 g/mol. The zero-order valence-electron chi connectivity index (χ0n) is 22.1. The summed E-state index contributed by atoms with van der Waals surface area (Å²) in [5.74, 6) is -1.50. The minimum atomic E-state index is -0.642. The first-order valence-corrected chi connectivity index (χ1v) is 13.1. The molecule has 2 aromatic carbocycles. The van der Waals surface area contributed by atoms with Gasteiger partial charge < -0.3 is 20.1 Å². The summed E-state index contributed by atoms with van der Waals surface area (Å²) in [5, 5.41) is 12.4. The lowest BCUT2D eigenvalue weighted by atomic mass is 9.98. The molecule has 2 aromatic rings. The normalized spacial score (nSPS) is 12.1. The number of hydrogen-bond acceptors (Lipinski definition) is 5. The van der Waals surface area contributed by atoms with E-state index in [1.807, 2.05) is 66.7 Å². The van der Waals surface area contributed by atoms with Gasteiger partial charge in [0.15, 0.2) is 0 Å². The topological polar surface area (TPSA) is 95.9 Å². The van der Waals surface area contributed by atoms with Gasteiger partial charge in [0.1, 0.15) is 6.10 Å². The first-order valence-electron chi connectivity index (χ1n) is 13.1. The zero-order valence-corrected chi connectivity index (χ0v) is 22.1. The lowest BCUT2D eigenvalue weighted by Crippen LogP contribution is -2.39. The van der Waals surface area contributed by atoms with E-state index in [2.05, 4.69) is 18.5 Å². The monoisotopic (exact) mass is 520 g/mol. The summed E-state index contributed by atoms with van der Waals surface area (Å²) in [6.07, 6.45) is 5.79.